The minimum absolute atomic E-state index is 0.0510. The quantitative estimate of drug-likeness (QED) is 0.784. The summed E-state index contributed by atoms with van der Waals surface area (Å²) < 4.78 is 5.82. The summed E-state index contributed by atoms with van der Waals surface area (Å²) in [6.45, 7) is 0. The van der Waals surface area contributed by atoms with Crippen molar-refractivity contribution in [3.05, 3.63) is 51.1 Å². The lowest BCUT2D eigenvalue weighted by Gasteiger charge is -2.10. The minimum Gasteiger partial charge on any atom is -0.507 e. The number of phenolic OH excluding ortho intramolecular Hbond substituents is 1. The molecule has 0 saturated carbocycles. The van der Waals surface area contributed by atoms with Crippen LogP contribution in [0.3, 0.4) is 0 Å². The second-order valence-corrected chi connectivity index (χ2v) is 5.31. The molecule has 21 heavy (non-hydrogen) atoms. The van der Waals surface area contributed by atoms with Crippen molar-refractivity contribution in [1.82, 2.24) is 0 Å². The normalized spacial score (nSPS) is 9.76. The summed E-state index contributed by atoms with van der Waals surface area (Å²) in [5, 5.41) is 21.2. The standard InChI is InChI=1S/C15H11IN2O3/c1-21-14-6-9(8-17)2-5-12(14)18-15(20)10-3-4-11(16)13(19)7-10/h2-7,19H,1H3,(H,18,20). The molecule has 0 radical (unpaired) electrons. The smallest absolute Gasteiger partial charge is 0.255 e. The number of anilines is 1. The number of ether oxygens (including phenoxy) is 1. The number of hydrogen-bond acceptors (Lipinski definition) is 4. The average Bonchev–Trinajstić information content (AvgIpc) is 2.50. The Balaban J connectivity index is 2.27. The van der Waals surface area contributed by atoms with Crippen LogP contribution in [-0.2, 0) is 0 Å². The van der Waals surface area contributed by atoms with E-state index >= 15 is 0 Å². The molecule has 1 amide bonds. The molecule has 0 spiro atoms. The fourth-order valence-corrected chi connectivity index (χ4v) is 2.05. The van der Waals surface area contributed by atoms with E-state index in [1.807, 2.05) is 28.7 Å². The van der Waals surface area contributed by atoms with Gasteiger partial charge in [-0.1, -0.05) is 0 Å². The maximum absolute atomic E-state index is 12.2. The number of halogens is 1. The summed E-state index contributed by atoms with van der Waals surface area (Å²) in [5.41, 5.74) is 1.23. The Bertz CT molecular complexity index is 738. The van der Waals surface area contributed by atoms with Gasteiger partial charge in [-0.15, -0.1) is 0 Å². The van der Waals surface area contributed by atoms with Gasteiger partial charge in [-0.05, 0) is 52.9 Å². The number of carbonyl (C=O) groups excluding carboxylic acids is 1. The van der Waals surface area contributed by atoms with Crippen LogP contribution in [-0.4, -0.2) is 18.1 Å². The zero-order chi connectivity index (χ0) is 15.4. The number of nitrogens with zero attached hydrogens (tertiary/aromatic N) is 1. The summed E-state index contributed by atoms with van der Waals surface area (Å²) in [4.78, 5) is 12.2. The Labute approximate surface area is 135 Å². The minimum atomic E-state index is -0.371. The van der Waals surface area contributed by atoms with Crippen LogP contribution in [0.4, 0.5) is 5.69 Å². The first-order chi connectivity index (χ1) is 10.0. The number of carbonyl (C=O) groups is 1. The molecule has 2 rings (SSSR count). The SMILES string of the molecule is COc1cc(C#N)ccc1NC(=O)c1ccc(I)c(O)c1. The summed E-state index contributed by atoms with van der Waals surface area (Å²) in [6.07, 6.45) is 0. The van der Waals surface area contributed by atoms with Crippen molar-refractivity contribution in [2.75, 3.05) is 12.4 Å². The molecule has 0 saturated heterocycles. The Kier molecular flexibility index (Phi) is 4.65. The van der Waals surface area contributed by atoms with Crippen molar-refractivity contribution < 1.29 is 14.6 Å². The van der Waals surface area contributed by atoms with E-state index in [9.17, 15) is 9.90 Å². The maximum Gasteiger partial charge on any atom is 0.255 e. The topological polar surface area (TPSA) is 82.3 Å². The van der Waals surface area contributed by atoms with Crippen molar-refractivity contribution in [3.8, 4) is 17.6 Å². The first-order valence-electron chi connectivity index (χ1n) is 5.93. The van der Waals surface area contributed by atoms with Crippen molar-refractivity contribution >= 4 is 34.2 Å². The monoisotopic (exact) mass is 394 g/mol. The van der Waals surface area contributed by atoms with E-state index in [4.69, 9.17) is 10.00 Å². The van der Waals surface area contributed by atoms with E-state index in [1.54, 1.807) is 30.3 Å². The van der Waals surface area contributed by atoms with Crippen molar-refractivity contribution in [3.63, 3.8) is 0 Å². The number of nitrogens with one attached hydrogen (secondary N) is 1. The second-order valence-electron chi connectivity index (χ2n) is 4.15. The van der Waals surface area contributed by atoms with Gasteiger partial charge < -0.3 is 15.2 Å². The third-order valence-electron chi connectivity index (χ3n) is 2.79. The van der Waals surface area contributed by atoms with Crippen LogP contribution in [0.25, 0.3) is 0 Å². The van der Waals surface area contributed by atoms with Gasteiger partial charge in [-0.2, -0.15) is 5.26 Å². The molecule has 0 bridgehead atoms. The molecule has 0 aromatic heterocycles. The zero-order valence-electron chi connectivity index (χ0n) is 11.1. The van der Waals surface area contributed by atoms with E-state index in [0.29, 0.717) is 26.1 Å². The first kappa shape index (κ1) is 15.1. The molecular formula is C15H11IN2O3. The maximum atomic E-state index is 12.2. The molecule has 0 aliphatic rings. The van der Waals surface area contributed by atoms with E-state index in [1.165, 1.54) is 13.2 Å². The average molecular weight is 394 g/mol. The van der Waals surface area contributed by atoms with E-state index < -0.39 is 0 Å². The van der Waals surface area contributed by atoms with Gasteiger partial charge in [0.05, 0.1) is 28.0 Å². The molecule has 0 unspecified atom stereocenters. The Morgan fingerprint density at radius 1 is 1.33 bits per heavy atom. The summed E-state index contributed by atoms with van der Waals surface area (Å²) in [7, 11) is 1.46. The van der Waals surface area contributed by atoms with Crippen LogP contribution < -0.4 is 10.1 Å². The number of hydrogen-bond donors (Lipinski definition) is 2. The highest BCUT2D eigenvalue weighted by molar-refractivity contribution is 14.1. The molecule has 2 aromatic rings. The van der Waals surface area contributed by atoms with Gasteiger partial charge in [0.2, 0.25) is 0 Å². The van der Waals surface area contributed by atoms with Gasteiger partial charge in [0.1, 0.15) is 11.5 Å². The predicted octanol–water partition coefficient (Wildman–Crippen LogP) is 3.13. The third-order valence-corrected chi connectivity index (χ3v) is 3.70. The number of phenols is 1. The lowest BCUT2D eigenvalue weighted by Crippen LogP contribution is -2.12. The molecule has 5 nitrogen and oxygen atoms in total. The molecule has 2 aromatic carbocycles. The van der Waals surface area contributed by atoms with Crippen LogP contribution in [0, 0.1) is 14.9 Å². The highest BCUT2D eigenvalue weighted by Gasteiger charge is 2.12. The zero-order valence-corrected chi connectivity index (χ0v) is 13.2. The van der Waals surface area contributed by atoms with Crippen LogP contribution in [0.5, 0.6) is 11.5 Å². The van der Waals surface area contributed by atoms with Crippen LogP contribution in [0.15, 0.2) is 36.4 Å². The molecule has 0 aliphatic carbocycles. The van der Waals surface area contributed by atoms with Crippen LogP contribution >= 0.6 is 22.6 Å². The fourth-order valence-electron chi connectivity index (χ4n) is 1.71. The van der Waals surface area contributed by atoms with Gasteiger partial charge >= 0.3 is 0 Å². The van der Waals surface area contributed by atoms with Crippen molar-refractivity contribution in [2.24, 2.45) is 0 Å². The van der Waals surface area contributed by atoms with Crippen molar-refractivity contribution in [2.45, 2.75) is 0 Å². The largest absolute Gasteiger partial charge is 0.507 e. The molecule has 6 heteroatoms. The van der Waals surface area contributed by atoms with Crippen LogP contribution in [0.2, 0.25) is 0 Å². The Morgan fingerprint density at radius 3 is 2.71 bits per heavy atom. The number of aromatic hydroxyl groups is 1. The van der Waals surface area contributed by atoms with E-state index in [-0.39, 0.29) is 11.7 Å². The Hall–Kier alpha value is -2.27. The number of methoxy groups -OCH3 is 1. The van der Waals surface area contributed by atoms with Gasteiger partial charge in [0.15, 0.2) is 0 Å². The van der Waals surface area contributed by atoms with E-state index in [2.05, 4.69) is 5.32 Å². The van der Waals surface area contributed by atoms with Crippen molar-refractivity contribution in [1.29, 1.82) is 5.26 Å². The summed E-state index contributed by atoms with van der Waals surface area (Å²) in [6, 6.07) is 11.4. The Morgan fingerprint density at radius 2 is 2.10 bits per heavy atom. The molecule has 0 atom stereocenters. The molecule has 0 fully saturated rings. The van der Waals surface area contributed by atoms with Gasteiger partial charge in [-0.25, -0.2) is 0 Å². The third kappa shape index (κ3) is 3.44. The lowest BCUT2D eigenvalue weighted by atomic mass is 10.1. The van der Waals surface area contributed by atoms with Crippen LogP contribution in [0.1, 0.15) is 15.9 Å². The second kappa shape index (κ2) is 6.45. The highest BCUT2D eigenvalue weighted by atomic mass is 127. The first-order valence-corrected chi connectivity index (χ1v) is 7.01. The molecule has 2 N–H and O–H groups in total. The molecule has 0 heterocycles. The van der Waals surface area contributed by atoms with Gasteiger partial charge in [0, 0.05) is 11.6 Å². The fraction of sp³-hybridized carbons (Fsp3) is 0.0667. The molecule has 106 valence electrons. The predicted molar refractivity (Wildman–Crippen MR) is 86.5 cm³/mol. The number of nitriles is 1. The molecule has 0 aliphatic heterocycles. The number of benzene rings is 2. The number of rotatable bonds is 3. The van der Waals surface area contributed by atoms with E-state index in [0.717, 1.165) is 0 Å². The van der Waals surface area contributed by atoms with Gasteiger partial charge in [0.25, 0.3) is 5.91 Å². The highest BCUT2D eigenvalue weighted by Crippen LogP contribution is 2.27. The van der Waals surface area contributed by atoms with Gasteiger partial charge in [-0.3, -0.25) is 4.79 Å². The number of amides is 1. The summed E-state index contributed by atoms with van der Waals surface area (Å²) in [5.74, 6) is 0.0804. The summed E-state index contributed by atoms with van der Waals surface area (Å²) >= 11 is 1.97. The lowest BCUT2D eigenvalue weighted by molar-refractivity contribution is 0.102. The molecular weight excluding hydrogens is 383 g/mol.